The Morgan fingerprint density at radius 1 is 1.09 bits per heavy atom. The maximum Gasteiger partial charge on any atom is 0.257 e. The van der Waals surface area contributed by atoms with Gasteiger partial charge in [0.05, 0.1) is 12.1 Å². The van der Waals surface area contributed by atoms with Gasteiger partial charge in [0.1, 0.15) is 12.0 Å². The summed E-state index contributed by atoms with van der Waals surface area (Å²) in [5, 5.41) is 0. The van der Waals surface area contributed by atoms with E-state index in [4.69, 9.17) is 10.2 Å². The Balaban J connectivity index is 1.53. The second kappa shape index (κ2) is 7.17. The molecule has 1 saturated carbocycles. The monoisotopic (exact) mass is 319 g/mol. The molecular weight excluding hydrogens is 294 g/mol. The molecule has 6 nitrogen and oxygen atoms in total. The van der Waals surface area contributed by atoms with Crippen LogP contribution in [0.3, 0.4) is 0 Å². The van der Waals surface area contributed by atoms with E-state index >= 15 is 0 Å². The Bertz CT molecular complexity index is 555. The van der Waals surface area contributed by atoms with Crippen molar-refractivity contribution in [2.75, 3.05) is 26.2 Å². The number of carbonyl (C=O) groups excluding carboxylic acids is 2. The van der Waals surface area contributed by atoms with E-state index in [-0.39, 0.29) is 24.3 Å². The summed E-state index contributed by atoms with van der Waals surface area (Å²) in [7, 11) is 0. The van der Waals surface area contributed by atoms with Gasteiger partial charge in [-0.3, -0.25) is 9.59 Å². The number of carbonyl (C=O) groups is 2. The van der Waals surface area contributed by atoms with Crippen molar-refractivity contribution < 1.29 is 14.0 Å². The van der Waals surface area contributed by atoms with Gasteiger partial charge in [-0.15, -0.1) is 0 Å². The highest BCUT2D eigenvalue weighted by Crippen LogP contribution is 2.26. The molecule has 1 saturated heterocycles. The van der Waals surface area contributed by atoms with Gasteiger partial charge in [-0.05, 0) is 18.9 Å². The van der Waals surface area contributed by atoms with Crippen molar-refractivity contribution in [3.63, 3.8) is 0 Å². The van der Waals surface area contributed by atoms with Crippen LogP contribution in [-0.4, -0.2) is 47.8 Å². The molecule has 1 aliphatic heterocycles. The maximum absolute atomic E-state index is 12.5. The molecule has 2 N–H and O–H groups in total. The van der Waals surface area contributed by atoms with Crippen molar-refractivity contribution >= 4 is 11.8 Å². The quantitative estimate of drug-likeness (QED) is 0.918. The molecule has 0 atom stereocenters. The number of hydrogen-bond donors (Lipinski definition) is 1. The van der Waals surface area contributed by atoms with Gasteiger partial charge in [0.15, 0.2) is 0 Å². The van der Waals surface area contributed by atoms with Crippen LogP contribution in [-0.2, 0) is 11.3 Å². The number of nitrogens with zero attached hydrogens (tertiary/aromatic N) is 2. The zero-order chi connectivity index (χ0) is 16.2. The predicted octanol–water partition coefficient (Wildman–Crippen LogP) is 1.60. The van der Waals surface area contributed by atoms with E-state index in [1.807, 2.05) is 4.90 Å². The van der Waals surface area contributed by atoms with Crippen molar-refractivity contribution in [2.45, 2.75) is 38.6 Å². The van der Waals surface area contributed by atoms with Crippen molar-refractivity contribution in [3.05, 3.63) is 23.7 Å². The molecule has 0 unspecified atom stereocenters. The molecule has 2 heterocycles. The van der Waals surface area contributed by atoms with Gasteiger partial charge in [0, 0.05) is 32.1 Å². The predicted molar refractivity (Wildman–Crippen MR) is 85.7 cm³/mol. The third-order valence-electron chi connectivity index (χ3n) is 4.93. The summed E-state index contributed by atoms with van der Waals surface area (Å²) in [6, 6.07) is 1.70. The molecule has 2 fully saturated rings. The molecule has 2 amide bonds. The fraction of sp³-hybridized carbons (Fsp3) is 0.647. The van der Waals surface area contributed by atoms with E-state index in [0.29, 0.717) is 37.5 Å². The summed E-state index contributed by atoms with van der Waals surface area (Å²) in [5.41, 5.74) is 6.04. The van der Waals surface area contributed by atoms with Crippen LogP contribution in [0.25, 0.3) is 0 Å². The lowest BCUT2D eigenvalue weighted by atomic mass is 9.88. The van der Waals surface area contributed by atoms with E-state index in [1.165, 1.54) is 25.5 Å². The highest BCUT2D eigenvalue weighted by Gasteiger charge is 2.30. The molecule has 0 bridgehead atoms. The molecule has 126 valence electrons. The molecule has 1 aliphatic carbocycles. The Morgan fingerprint density at radius 2 is 1.74 bits per heavy atom. The first-order valence-electron chi connectivity index (χ1n) is 8.54. The molecule has 6 heteroatoms. The summed E-state index contributed by atoms with van der Waals surface area (Å²) >= 11 is 0. The first kappa shape index (κ1) is 16.1. The molecule has 3 rings (SSSR count). The highest BCUT2D eigenvalue weighted by molar-refractivity contribution is 5.94. The normalized spacial score (nSPS) is 19.9. The topological polar surface area (TPSA) is 79.8 Å². The van der Waals surface area contributed by atoms with Gasteiger partial charge in [0.2, 0.25) is 5.91 Å². The van der Waals surface area contributed by atoms with E-state index < -0.39 is 0 Å². The first-order chi connectivity index (χ1) is 11.2. The maximum atomic E-state index is 12.5. The summed E-state index contributed by atoms with van der Waals surface area (Å²) in [6.45, 7) is 2.71. The number of rotatable bonds is 3. The Kier molecular flexibility index (Phi) is 5.00. The number of furan rings is 1. The third kappa shape index (κ3) is 3.58. The zero-order valence-electron chi connectivity index (χ0n) is 13.5. The fourth-order valence-electron chi connectivity index (χ4n) is 3.52. The summed E-state index contributed by atoms with van der Waals surface area (Å²) in [4.78, 5) is 28.7. The van der Waals surface area contributed by atoms with Gasteiger partial charge >= 0.3 is 0 Å². The van der Waals surface area contributed by atoms with Crippen LogP contribution in [0.1, 0.15) is 48.2 Å². The summed E-state index contributed by atoms with van der Waals surface area (Å²) in [6.07, 6.45) is 7.09. The molecule has 23 heavy (non-hydrogen) atoms. The van der Waals surface area contributed by atoms with Gasteiger partial charge in [0.25, 0.3) is 5.91 Å². The van der Waals surface area contributed by atoms with E-state index in [2.05, 4.69) is 0 Å². The lowest BCUT2D eigenvalue weighted by Crippen LogP contribution is -2.52. The summed E-state index contributed by atoms with van der Waals surface area (Å²) < 4.78 is 5.23. The van der Waals surface area contributed by atoms with E-state index in [1.54, 1.807) is 11.0 Å². The fourth-order valence-corrected chi connectivity index (χ4v) is 3.52. The molecule has 1 aromatic rings. The molecular formula is C17H25N3O3. The minimum Gasteiger partial charge on any atom is -0.467 e. The molecule has 0 radical (unpaired) electrons. The van der Waals surface area contributed by atoms with Gasteiger partial charge < -0.3 is 20.0 Å². The van der Waals surface area contributed by atoms with Crippen molar-refractivity contribution in [1.82, 2.24) is 9.80 Å². The SMILES string of the molecule is NCc1cc(C(=O)N2CCN(C(=O)C3CCCCC3)CC2)co1. The number of piperazine rings is 1. The lowest BCUT2D eigenvalue weighted by molar-refractivity contribution is -0.138. The largest absolute Gasteiger partial charge is 0.467 e. The highest BCUT2D eigenvalue weighted by atomic mass is 16.3. The van der Waals surface area contributed by atoms with E-state index in [0.717, 1.165) is 12.8 Å². The Hall–Kier alpha value is -1.82. The Labute approximate surface area is 136 Å². The second-order valence-electron chi connectivity index (χ2n) is 6.46. The van der Waals surface area contributed by atoms with Crippen molar-refractivity contribution in [3.8, 4) is 0 Å². The van der Waals surface area contributed by atoms with E-state index in [9.17, 15) is 9.59 Å². The second-order valence-corrected chi connectivity index (χ2v) is 6.46. The average molecular weight is 319 g/mol. The summed E-state index contributed by atoms with van der Waals surface area (Å²) in [5.74, 6) is 1.05. The number of nitrogens with two attached hydrogens (primary N) is 1. The van der Waals surface area contributed by atoms with Gasteiger partial charge in [-0.25, -0.2) is 0 Å². The number of hydrogen-bond acceptors (Lipinski definition) is 4. The van der Waals surface area contributed by atoms with Crippen LogP contribution in [0, 0.1) is 5.92 Å². The third-order valence-corrected chi connectivity index (χ3v) is 4.93. The number of amides is 2. The molecule has 0 aromatic carbocycles. The van der Waals surface area contributed by atoms with Gasteiger partial charge in [-0.1, -0.05) is 19.3 Å². The molecule has 2 aliphatic rings. The minimum atomic E-state index is -0.0433. The zero-order valence-corrected chi connectivity index (χ0v) is 13.5. The van der Waals surface area contributed by atoms with Crippen LogP contribution in [0.4, 0.5) is 0 Å². The van der Waals surface area contributed by atoms with Crippen LogP contribution < -0.4 is 5.73 Å². The lowest BCUT2D eigenvalue weighted by Gasteiger charge is -2.37. The van der Waals surface area contributed by atoms with Crippen molar-refractivity contribution in [1.29, 1.82) is 0 Å². The minimum absolute atomic E-state index is 0.0433. The molecule has 0 spiro atoms. The Morgan fingerprint density at radius 3 is 2.35 bits per heavy atom. The smallest absolute Gasteiger partial charge is 0.257 e. The van der Waals surface area contributed by atoms with Gasteiger partial charge in [-0.2, -0.15) is 0 Å². The first-order valence-corrected chi connectivity index (χ1v) is 8.54. The van der Waals surface area contributed by atoms with Crippen LogP contribution in [0.5, 0.6) is 0 Å². The average Bonchev–Trinajstić information content (AvgIpc) is 3.10. The van der Waals surface area contributed by atoms with Crippen LogP contribution in [0.15, 0.2) is 16.7 Å². The van der Waals surface area contributed by atoms with Crippen molar-refractivity contribution in [2.24, 2.45) is 11.7 Å². The van der Waals surface area contributed by atoms with Crippen LogP contribution >= 0.6 is 0 Å². The standard InChI is InChI=1S/C17H25N3O3/c18-11-15-10-14(12-23-15)17(22)20-8-6-19(7-9-20)16(21)13-4-2-1-3-5-13/h10,12-13H,1-9,11,18H2. The molecule has 1 aromatic heterocycles. The van der Waals surface area contributed by atoms with Crippen LogP contribution in [0.2, 0.25) is 0 Å².